The first-order valence-electron chi connectivity index (χ1n) is 9.47. The van der Waals surface area contributed by atoms with Gasteiger partial charge in [-0.15, -0.1) is 0 Å². The summed E-state index contributed by atoms with van der Waals surface area (Å²) in [5.74, 6) is 0.888. The van der Waals surface area contributed by atoms with Crippen LogP contribution >= 0.6 is 0 Å². The Morgan fingerprint density at radius 1 is 0.742 bits per heavy atom. The molecule has 1 aliphatic rings. The zero-order valence-corrected chi connectivity index (χ0v) is 17.8. The maximum absolute atomic E-state index is 13.6. The molecule has 1 unspecified atom stereocenters. The van der Waals surface area contributed by atoms with Gasteiger partial charge >= 0.3 is 7.25 Å². The molecule has 0 spiro atoms. The van der Waals surface area contributed by atoms with Gasteiger partial charge in [0.15, 0.2) is 0 Å². The monoisotopic (exact) mass is 448 g/mol. The Balaban J connectivity index is 0.000000491. The molecule has 0 aliphatic carbocycles. The van der Waals surface area contributed by atoms with Gasteiger partial charge in [-0.05, 0) is 23.3 Å². The van der Waals surface area contributed by atoms with Gasteiger partial charge in [-0.3, -0.25) is 0 Å². The van der Waals surface area contributed by atoms with Gasteiger partial charge in [0.25, 0.3) is 5.84 Å². The van der Waals surface area contributed by atoms with E-state index in [9.17, 15) is 21.5 Å². The van der Waals surface area contributed by atoms with E-state index >= 15 is 0 Å². The lowest BCUT2D eigenvalue weighted by atomic mass is 9.87. The van der Waals surface area contributed by atoms with Crippen molar-refractivity contribution in [2.24, 2.45) is 4.99 Å². The van der Waals surface area contributed by atoms with E-state index in [1.54, 1.807) is 0 Å². The molecule has 0 amide bonds. The molecule has 4 rings (SSSR count). The summed E-state index contributed by atoms with van der Waals surface area (Å²) < 4.78 is 52.1. The van der Waals surface area contributed by atoms with Crippen molar-refractivity contribution in [1.29, 1.82) is 0 Å². The average molecular weight is 448 g/mol. The summed E-state index contributed by atoms with van der Waals surface area (Å²) in [7, 11) is -3.28. The molecular formula is C22H21BF4N2OS. The van der Waals surface area contributed by atoms with Gasteiger partial charge in [0.05, 0.1) is 19.8 Å². The molecule has 162 valence electrons. The van der Waals surface area contributed by atoms with E-state index in [1.807, 2.05) is 105 Å². The minimum Gasteiger partial charge on any atom is -0.418 e. The van der Waals surface area contributed by atoms with Crippen molar-refractivity contribution >= 4 is 29.8 Å². The first-order valence-corrected chi connectivity index (χ1v) is 10.6. The molecule has 1 fully saturated rings. The van der Waals surface area contributed by atoms with Crippen LogP contribution in [0.15, 0.2) is 96.0 Å². The second kappa shape index (κ2) is 8.76. The van der Waals surface area contributed by atoms with Crippen LogP contribution in [0.3, 0.4) is 0 Å². The van der Waals surface area contributed by atoms with E-state index in [0.29, 0.717) is 0 Å². The van der Waals surface area contributed by atoms with E-state index in [2.05, 4.69) is 0 Å². The number of quaternary nitrogens is 1. The summed E-state index contributed by atoms with van der Waals surface area (Å²) in [5, 5.41) is 0. The molecule has 1 saturated heterocycles. The van der Waals surface area contributed by atoms with Gasteiger partial charge in [0, 0.05) is 0 Å². The molecule has 0 aromatic heterocycles. The molecule has 3 nitrogen and oxygen atoms in total. The summed E-state index contributed by atoms with van der Waals surface area (Å²) in [6.45, 7) is 0. The predicted molar refractivity (Wildman–Crippen MR) is 118 cm³/mol. The zero-order valence-electron chi connectivity index (χ0n) is 17.0. The number of benzene rings is 3. The molecular weight excluding hydrogens is 427 g/mol. The normalized spacial score (nSPS) is 20.3. The van der Waals surface area contributed by atoms with Crippen LogP contribution in [0.2, 0.25) is 0 Å². The highest BCUT2D eigenvalue weighted by molar-refractivity contribution is 7.84. The van der Waals surface area contributed by atoms with Crippen LogP contribution in [0.1, 0.15) is 11.1 Å². The minimum atomic E-state index is -6.00. The molecule has 0 radical (unpaired) electrons. The summed E-state index contributed by atoms with van der Waals surface area (Å²) in [5.41, 5.74) is 2.90. The molecule has 0 saturated carbocycles. The molecule has 3 aromatic rings. The SMILES string of the molecule is C[N+]1(C)C(=Nc2ccccc2)C(c2ccccc2)(c2ccccc2)S1=O.F[B-](F)(F)F. The first-order chi connectivity index (χ1) is 14.6. The lowest BCUT2D eigenvalue weighted by molar-refractivity contribution is -0.674. The van der Waals surface area contributed by atoms with E-state index in [-0.39, 0.29) is 3.89 Å². The number of aliphatic imine (C=N–C) groups is 1. The Bertz CT molecular complexity index is 1030. The molecule has 1 atom stereocenters. The molecule has 31 heavy (non-hydrogen) atoms. The van der Waals surface area contributed by atoms with Crippen LogP contribution in [-0.4, -0.2) is 35.3 Å². The third kappa shape index (κ3) is 4.62. The Morgan fingerprint density at radius 2 is 1.10 bits per heavy atom. The Kier molecular flexibility index (Phi) is 6.47. The predicted octanol–water partition coefficient (Wildman–Crippen LogP) is 5.71. The van der Waals surface area contributed by atoms with Crippen LogP contribution in [0.5, 0.6) is 0 Å². The van der Waals surface area contributed by atoms with E-state index in [0.717, 1.165) is 22.6 Å². The molecule has 1 aliphatic heterocycles. The first kappa shape index (κ1) is 22.9. The van der Waals surface area contributed by atoms with Crippen LogP contribution in [0.4, 0.5) is 23.0 Å². The van der Waals surface area contributed by atoms with Gasteiger partial charge in [-0.1, -0.05) is 78.9 Å². The number of hydrogen-bond donors (Lipinski definition) is 0. The topological polar surface area (TPSA) is 29.4 Å². The second-order valence-electron chi connectivity index (χ2n) is 7.28. The van der Waals surface area contributed by atoms with Crippen LogP contribution < -0.4 is 0 Å². The Morgan fingerprint density at radius 3 is 1.48 bits per heavy atom. The third-order valence-corrected chi connectivity index (χ3v) is 7.03. The van der Waals surface area contributed by atoms with E-state index in [1.165, 1.54) is 0 Å². The van der Waals surface area contributed by atoms with Crippen molar-refractivity contribution in [3.8, 4) is 0 Å². The second-order valence-corrected chi connectivity index (χ2v) is 9.30. The number of halogens is 4. The smallest absolute Gasteiger partial charge is 0.418 e. The molecule has 0 N–H and O–H groups in total. The standard InChI is InChI=1S/C22H21N2OS.BF4/c1-24(2)21(23-20-16-10-5-11-17-20)22(26(24)25,18-12-6-3-7-13-18)19-14-8-4-9-15-19;2-1(3,4)5/h3-17H,1-2H3;/q+1;-1. The summed E-state index contributed by atoms with van der Waals surface area (Å²) in [6, 6.07) is 30.0. The highest BCUT2D eigenvalue weighted by atomic mass is 32.2. The Hall–Kier alpha value is -2.78. The average Bonchev–Trinajstić information content (AvgIpc) is 2.74. The largest absolute Gasteiger partial charge is 0.673 e. The Labute approximate surface area is 181 Å². The number of hydrogen-bond acceptors (Lipinski definition) is 2. The number of para-hydroxylation sites is 1. The lowest BCUT2D eigenvalue weighted by Gasteiger charge is -2.50. The zero-order chi connectivity index (χ0) is 22.7. The quantitative estimate of drug-likeness (QED) is 0.287. The van der Waals surface area contributed by atoms with Crippen molar-refractivity contribution in [2.45, 2.75) is 4.75 Å². The summed E-state index contributed by atoms with van der Waals surface area (Å²) in [6.07, 6.45) is 0. The van der Waals surface area contributed by atoms with Gasteiger partial charge < -0.3 is 17.3 Å². The van der Waals surface area contributed by atoms with Crippen molar-refractivity contribution in [1.82, 2.24) is 0 Å². The number of rotatable bonds is 3. The fraction of sp³-hybridized carbons (Fsp3) is 0.136. The van der Waals surface area contributed by atoms with Gasteiger partial charge in [-0.25, -0.2) is 0 Å². The van der Waals surface area contributed by atoms with Gasteiger partial charge in [0.2, 0.25) is 15.7 Å². The highest BCUT2D eigenvalue weighted by Gasteiger charge is 2.70. The molecule has 0 bridgehead atoms. The van der Waals surface area contributed by atoms with E-state index in [4.69, 9.17) is 4.99 Å². The molecule has 1 heterocycles. The maximum atomic E-state index is 13.6. The van der Waals surface area contributed by atoms with Crippen LogP contribution in [0, 0.1) is 0 Å². The van der Waals surface area contributed by atoms with Gasteiger partial charge in [-0.2, -0.15) is 13.1 Å². The van der Waals surface area contributed by atoms with Crippen LogP contribution in [0.25, 0.3) is 0 Å². The van der Waals surface area contributed by atoms with Crippen molar-refractivity contribution in [3.05, 3.63) is 102 Å². The van der Waals surface area contributed by atoms with Crippen molar-refractivity contribution in [3.63, 3.8) is 0 Å². The van der Waals surface area contributed by atoms with E-state index < -0.39 is 23.0 Å². The van der Waals surface area contributed by atoms with Gasteiger partial charge in [0.1, 0.15) is 0 Å². The summed E-state index contributed by atoms with van der Waals surface area (Å²) in [4.78, 5) is 4.97. The third-order valence-electron chi connectivity index (χ3n) is 4.85. The van der Waals surface area contributed by atoms with Crippen molar-refractivity contribution < 1.29 is 25.4 Å². The maximum Gasteiger partial charge on any atom is 0.673 e. The fourth-order valence-corrected chi connectivity index (χ4v) is 5.63. The molecule has 3 aromatic carbocycles. The fourth-order valence-electron chi connectivity index (χ4n) is 3.64. The number of amidine groups is 1. The number of likely N-dealkylation sites (N-methyl/N-ethyl adjacent to an activating group) is 1. The van der Waals surface area contributed by atoms with Crippen molar-refractivity contribution in [2.75, 3.05) is 14.1 Å². The number of nitrogens with zero attached hydrogens (tertiary/aromatic N) is 2. The lowest BCUT2D eigenvalue weighted by Crippen LogP contribution is -2.73. The molecule has 9 heteroatoms. The minimum absolute atomic E-state index is 0.263. The van der Waals surface area contributed by atoms with Crippen LogP contribution in [-0.2, 0) is 15.7 Å². The highest BCUT2D eigenvalue weighted by Crippen LogP contribution is 2.51. The summed E-state index contributed by atoms with van der Waals surface area (Å²) >= 11 is 0.